The van der Waals surface area contributed by atoms with Crippen LogP contribution in [0.4, 0.5) is 0 Å². The summed E-state index contributed by atoms with van der Waals surface area (Å²) in [5.74, 6) is 1.20. The number of nitrogens with two attached hydrogens (primary N) is 1. The zero-order valence-electron chi connectivity index (χ0n) is 8.69. The fraction of sp³-hybridized carbons (Fsp3) is 0.400. The van der Waals surface area contributed by atoms with Crippen LogP contribution >= 0.6 is 11.8 Å². The number of carbonyl (C=O) groups is 2. The van der Waals surface area contributed by atoms with Crippen LogP contribution in [0, 0.1) is 6.08 Å². The molecular weight excluding hydrogens is 226 g/mol. The molecule has 2 amide bonds. The third-order valence-electron chi connectivity index (χ3n) is 2.51. The summed E-state index contributed by atoms with van der Waals surface area (Å²) in [6.45, 7) is 0.728. The zero-order chi connectivity index (χ0) is 11.5. The summed E-state index contributed by atoms with van der Waals surface area (Å²) in [6.07, 6.45) is 5.89. The lowest BCUT2D eigenvalue weighted by atomic mass is 10.2. The number of dihydropyridines is 1. The standard InChI is InChI=1S/C10H14N3O2S/c11-10(15)7-2-1-3-8(12-7)13-4-5-16-6-9(13)14/h1,3,8,12H,4-6,16H2,(H2,11,15). The topological polar surface area (TPSA) is 75.4 Å². The Bertz CT molecular complexity index is 378. The van der Waals surface area contributed by atoms with E-state index < -0.39 is 5.91 Å². The van der Waals surface area contributed by atoms with Gasteiger partial charge >= 0.3 is 0 Å². The molecule has 2 aliphatic heterocycles. The average molecular weight is 240 g/mol. The van der Waals surface area contributed by atoms with E-state index in [9.17, 15) is 9.59 Å². The van der Waals surface area contributed by atoms with Crippen molar-refractivity contribution in [2.75, 3.05) is 18.1 Å². The van der Waals surface area contributed by atoms with Crippen LogP contribution in [0.2, 0.25) is 0 Å². The van der Waals surface area contributed by atoms with E-state index >= 15 is 0 Å². The molecule has 2 aliphatic rings. The largest absolute Gasteiger partial charge is 0.364 e. The second kappa shape index (κ2) is 4.61. The minimum Gasteiger partial charge on any atom is -0.364 e. The number of nitrogens with one attached hydrogen (secondary N) is 1. The zero-order valence-corrected chi connectivity index (χ0v) is 9.69. The summed E-state index contributed by atoms with van der Waals surface area (Å²) >= 11 is 0.714. The summed E-state index contributed by atoms with van der Waals surface area (Å²) in [7, 11) is 0. The van der Waals surface area contributed by atoms with Crippen molar-refractivity contribution in [2.45, 2.75) is 6.17 Å². The molecule has 1 saturated heterocycles. The van der Waals surface area contributed by atoms with E-state index in [4.69, 9.17) is 5.73 Å². The van der Waals surface area contributed by atoms with E-state index in [0.717, 1.165) is 12.3 Å². The monoisotopic (exact) mass is 240 g/mol. The smallest absolute Gasteiger partial charge is 0.265 e. The number of amides is 2. The molecule has 0 aromatic rings. The molecule has 1 unspecified atom stereocenters. The summed E-state index contributed by atoms with van der Waals surface area (Å²) in [5.41, 5.74) is 5.39. The van der Waals surface area contributed by atoms with E-state index in [1.807, 2.05) is 0 Å². The molecule has 0 aromatic carbocycles. The molecule has 1 fully saturated rings. The SMILES string of the molecule is NC(=O)C1=[C]C=CC(N2CC[SH2]CC2=O)N1. The number of nitrogens with zero attached hydrogens (tertiary/aromatic N) is 1. The minimum atomic E-state index is -0.555. The van der Waals surface area contributed by atoms with Crippen LogP contribution in [0.25, 0.3) is 0 Å². The van der Waals surface area contributed by atoms with Crippen LogP contribution in [0.5, 0.6) is 0 Å². The number of rotatable bonds is 2. The quantitative estimate of drug-likeness (QED) is 0.629. The van der Waals surface area contributed by atoms with E-state index in [1.165, 1.54) is 0 Å². The van der Waals surface area contributed by atoms with Crippen molar-refractivity contribution in [2.24, 2.45) is 5.73 Å². The molecule has 1 atom stereocenters. The molecular formula is C10H14N3O2S. The Hall–Kier alpha value is -1.43. The molecule has 2 heterocycles. The predicted octanol–water partition coefficient (Wildman–Crippen LogP) is -1.32. The maximum atomic E-state index is 11.7. The first-order valence-corrected chi connectivity index (χ1v) is 6.46. The van der Waals surface area contributed by atoms with Gasteiger partial charge in [0.1, 0.15) is 11.9 Å². The Morgan fingerprint density at radius 2 is 2.50 bits per heavy atom. The van der Waals surface area contributed by atoms with Crippen molar-refractivity contribution in [3.05, 3.63) is 23.9 Å². The van der Waals surface area contributed by atoms with Crippen molar-refractivity contribution in [1.82, 2.24) is 10.2 Å². The fourth-order valence-electron chi connectivity index (χ4n) is 1.70. The van der Waals surface area contributed by atoms with Gasteiger partial charge in [-0.25, -0.2) is 0 Å². The normalized spacial score (nSPS) is 27.5. The number of primary amides is 1. The lowest BCUT2D eigenvalue weighted by molar-refractivity contribution is -0.130. The summed E-state index contributed by atoms with van der Waals surface area (Å²) in [6, 6.07) is 0. The second-order valence-corrected chi connectivity index (χ2v) is 4.95. The molecule has 5 nitrogen and oxygen atoms in total. The molecule has 0 saturated carbocycles. The lowest BCUT2D eigenvalue weighted by Gasteiger charge is -2.35. The highest BCUT2D eigenvalue weighted by molar-refractivity contribution is 8.00. The Morgan fingerprint density at radius 1 is 1.69 bits per heavy atom. The average Bonchev–Trinajstić information content (AvgIpc) is 2.30. The van der Waals surface area contributed by atoms with Crippen molar-refractivity contribution >= 4 is 23.6 Å². The van der Waals surface area contributed by atoms with Gasteiger partial charge in [-0.1, -0.05) is 6.08 Å². The third-order valence-corrected chi connectivity index (χ3v) is 3.64. The molecule has 1 radical (unpaired) electrons. The number of allylic oxidation sites excluding steroid dienone is 2. The van der Waals surface area contributed by atoms with Crippen LogP contribution in [0.15, 0.2) is 17.8 Å². The first kappa shape index (κ1) is 11.1. The van der Waals surface area contributed by atoms with Gasteiger partial charge in [0.05, 0.1) is 5.75 Å². The van der Waals surface area contributed by atoms with Gasteiger partial charge in [-0.2, -0.15) is 0 Å². The Morgan fingerprint density at radius 3 is 3.19 bits per heavy atom. The van der Waals surface area contributed by atoms with Gasteiger partial charge in [-0.3, -0.25) is 21.4 Å². The summed E-state index contributed by atoms with van der Waals surface area (Å²) < 4.78 is 0. The predicted molar refractivity (Wildman–Crippen MR) is 63.8 cm³/mol. The Labute approximate surface area is 97.7 Å². The number of hydrogen-bond donors (Lipinski definition) is 2. The highest BCUT2D eigenvalue weighted by Crippen LogP contribution is 2.15. The maximum Gasteiger partial charge on any atom is 0.265 e. The number of carbonyl (C=O) groups excluding carboxylic acids is 2. The summed E-state index contributed by atoms with van der Waals surface area (Å²) in [4.78, 5) is 24.4. The van der Waals surface area contributed by atoms with Crippen molar-refractivity contribution in [1.29, 1.82) is 0 Å². The first-order chi connectivity index (χ1) is 7.68. The third kappa shape index (κ3) is 2.21. The summed E-state index contributed by atoms with van der Waals surface area (Å²) in [5, 5.41) is 2.91. The highest BCUT2D eigenvalue weighted by Gasteiger charge is 2.26. The fourth-order valence-corrected chi connectivity index (χ4v) is 2.69. The molecule has 87 valence electrons. The maximum absolute atomic E-state index is 11.7. The molecule has 0 spiro atoms. The van der Waals surface area contributed by atoms with Gasteiger partial charge in [0, 0.05) is 12.6 Å². The van der Waals surface area contributed by atoms with Crippen LogP contribution in [-0.2, 0) is 9.59 Å². The van der Waals surface area contributed by atoms with Gasteiger partial charge in [-0.15, -0.1) is 0 Å². The van der Waals surface area contributed by atoms with Crippen LogP contribution in [0.1, 0.15) is 0 Å². The van der Waals surface area contributed by atoms with E-state index in [-0.39, 0.29) is 17.8 Å². The van der Waals surface area contributed by atoms with E-state index in [0.29, 0.717) is 17.5 Å². The second-order valence-electron chi connectivity index (χ2n) is 3.60. The van der Waals surface area contributed by atoms with Crippen molar-refractivity contribution in [3.8, 4) is 0 Å². The van der Waals surface area contributed by atoms with Crippen molar-refractivity contribution < 1.29 is 9.59 Å². The van der Waals surface area contributed by atoms with Crippen LogP contribution < -0.4 is 11.1 Å². The van der Waals surface area contributed by atoms with Gasteiger partial charge in [0.15, 0.2) is 0 Å². The molecule has 0 bridgehead atoms. The Balaban J connectivity index is 2.07. The highest BCUT2D eigenvalue weighted by atomic mass is 32.2. The van der Waals surface area contributed by atoms with Gasteiger partial charge in [0.25, 0.3) is 5.91 Å². The molecule has 6 heteroatoms. The van der Waals surface area contributed by atoms with E-state index in [2.05, 4.69) is 11.4 Å². The molecule has 2 rings (SSSR count). The molecule has 0 aromatic heterocycles. The van der Waals surface area contributed by atoms with Crippen LogP contribution in [0.3, 0.4) is 0 Å². The van der Waals surface area contributed by atoms with Gasteiger partial charge in [0.2, 0.25) is 5.91 Å². The molecule has 3 N–H and O–H groups in total. The van der Waals surface area contributed by atoms with Crippen LogP contribution in [-0.4, -0.2) is 40.9 Å². The van der Waals surface area contributed by atoms with Gasteiger partial charge < -0.3 is 16.0 Å². The Kier molecular flexibility index (Phi) is 3.19. The van der Waals surface area contributed by atoms with E-state index in [1.54, 1.807) is 17.1 Å². The molecule has 16 heavy (non-hydrogen) atoms. The van der Waals surface area contributed by atoms with Crippen molar-refractivity contribution in [3.63, 3.8) is 0 Å². The van der Waals surface area contributed by atoms with Gasteiger partial charge in [-0.05, 0) is 11.8 Å². The molecule has 0 aliphatic carbocycles. The first-order valence-electron chi connectivity index (χ1n) is 5.05. The number of hydrogen-bond acceptors (Lipinski definition) is 3. The minimum absolute atomic E-state index is 0.123. The lowest BCUT2D eigenvalue weighted by Crippen LogP contribution is -2.52.